The van der Waals surface area contributed by atoms with Crippen LogP contribution >= 0.6 is 19.3 Å². The van der Waals surface area contributed by atoms with Gasteiger partial charge in [-0.15, -0.1) is 11.6 Å². The fourth-order valence-corrected chi connectivity index (χ4v) is 5.95. The molecular weight excluding hydrogens is 529 g/mol. The molecule has 0 saturated carbocycles. The molecule has 6 atom stereocenters. The number of benzene rings is 1. The Morgan fingerprint density at radius 2 is 1.95 bits per heavy atom. The molecule has 2 aromatic rings. The maximum atomic E-state index is 14.0. The maximum Gasteiger partial charge on any atom is 0.459 e. The third kappa shape index (κ3) is 6.70. The molecule has 204 valence electrons. The summed E-state index contributed by atoms with van der Waals surface area (Å²) in [5.74, 6) is -0.527. The lowest BCUT2D eigenvalue weighted by Gasteiger charge is -2.32. The molecule has 1 saturated heterocycles. The molecule has 14 heteroatoms. The van der Waals surface area contributed by atoms with E-state index in [0.717, 1.165) is 4.57 Å². The monoisotopic (exact) mass is 559 g/mol. The Morgan fingerprint density at radius 1 is 1.30 bits per heavy atom. The van der Waals surface area contributed by atoms with E-state index in [1.807, 2.05) is 0 Å². The zero-order chi connectivity index (χ0) is 27.5. The summed E-state index contributed by atoms with van der Waals surface area (Å²) in [6, 6.07) is 6.99. The van der Waals surface area contributed by atoms with Crippen LogP contribution in [0, 0.1) is 6.92 Å². The van der Waals surface area contributed by atoms with Crippen LogP contribution in [0.25, 0.3) is 0 Å². The molecular formula is C23H31ClN3O9P. The van der Waals surface area contributed by atoms with Crippen molar-refractivity contribution < 1.29 is 33.0 Å². The number of hydrogen-bond donors (Lipinski definition) is 3. The van der Waals surface area contributed by atoms with E-state index in [0.29, 0.717) is 0 Å². The normalized spacial score (nSPS) is 26.0. The van der Waals surface area contributed by atoms with Gasteiger partial charge in [0, 0.05) is 11.8 Å². The molecule has 0 bridgehead atoms. The average molecular weight is 560 g/mol. The van der Waals surface area contributed by atoms with Crippen LogP contribution in [0.15, 0.2) is 46.1 Å². The van der Waals surface area contributed by atoms with E-state index in [9.17, 15) is 24.1 Å². The summed E-state index contributed by atoms with van der Waals surface area (Å²) in [7, 11) is -4.39. The van der Waals surface area contributed by atoms with Crippen LogP contribution in [-0.4, -0.2) is 56.5 Å². The number of alkyl halides is 1. The molecule has 1 fully saturated rings. The standard InChI is InChI=1S/C23H31ClN3O9P/c1-13(2)33-20(30)15(4)26-37(32,35-16-9-7-6-8-10-16)36-18-17(12-28)34-21(23(18,5)24)27-11-14(3)19(29)25-22(27)31/h6-11,13,15,17-18,21,28H,12H2,1-5H3,(H,26,32)(H,25,29,31)/t15-,17-,18-,21-,23-,37?/m1/s1. The van der Waals surface area contributed by atoms with Crippen molar-refractivity contribution in [1.29, 1.82) is 0 Å². The fourth-order valence-electron chi connectivity index (χ4n) is 3.75. The highest BCUT2D eigenvalue weighted by atomic mass is 35.5. The third-order valence-electron chi connectivity index (χ3n) is 5.54. The third-order valence-corrected chi connectivity index (χ3v) is 7.60. The lowest BCUT2D eigenvalue weighted by atomic mass is 10.0. The first-order valence-corrected chi connectivity index (χ1v) is 13.5. The van der Waals surface area contributed by atoms with E-state index in [4.69, 9.17) is 30.1 Å². The number of carbonyl (C=O) groups is 1. The second kappa shape index (κ2) is 11.5. The van der Waals surface area contributed by atoms with E-state index in [2.05, 4.69) is 10.1 Å². The van der Waals surface area contributed by atoms with E-state index in [-0.39, 0.29) is 11.3 Å². The number of para-hydroxylation sites is 1. The molecule has 2 heterocycles. The number of carbonyl (C=O) groups excluding carboxylic acids is 1. The minimum Gasteiger partial charge on any atom is -0.462 e. The van der Waals surface area contributed by atoms with Crippen molar-refractivity contribution in [2.45, 2.75) is 70.1 Å². The van der Waals surface area contributed by atoms with Crippen LogP contribution in [0.1, 0.15) is 39.5 Å². The van der Waals surface area contributed by atoms with Gasteiger partial charge in [-0.25, -0.2) is 9.36 Å². The topological polar surface area (TPSA) is 158 Å². The van der Waals surface area contributed by atoms with Crippen molar-refractivity contribution in [3.05, 3.63) is 62.9 Å². The summed E-state index contributed by atoms with van der Waals surface area (Å²) in [5, 5.41) is 12.6. The van der Waals surface area contributed by atoms with Crippen molar-refractivity contribution in [1.82, 2.24) is 14.6 Å². The number of aromatic nitrogens is 2. The van der Waals surface area contributed by atoms with Gasteiger partial charge in [-0.05, 0) is 46.8 Å². The van der Waals surface area contributed by atoms with Crippen molar-refractivity contribution in [2.75, 3.05) is 6.61 Å². The van der Waals surface area contributed by atoms with Crippen LogP contribution in [0.5, 0.6) is 5.75 Å². The second-order valence-corrected chi connectivity index (χ2v) is 11.6. The van der Waals surface area contributed by atoms with Gasteiger partial charge in [-0.1, -0.05) is 18.2 Å². The molecule has 0 radical (unpaired) electrons. The number of esters is 1. The first-order valence-electron chi connectivity index (χ1n) is 11.6. The molecule has 1 aliphatic rings. The predicted octanol–water partition coefficient (Wildman–Crippen LogP) is 2.23. The highest BCUT2D eigenvalue weighted by Gasteiger charge is 2.57. The van der Waals surface area contributed by atoms with Gasteiger partial charge in [0.15, 0.2) is 6.23 Å². The second-order valence-electron chi connectivity index (χ2n) is 9.10. The number of aromatic amines is 1. The van der Waals surface area contributed by atoms with Crippen LogP contribution in [0.3, 0.4) is 0 Å². The van der Waals surface area contributed by atoms with Gasteiger partial charge in [0.2, 0.25) is 0 Å². The lowest BCUT2D eigenvalue weighted by Crippen LogP contribution is -2.46. The van der Waals surface area contributed by atoms with Gasteiger partial charge in [-0.3, -0.25) is 23.7 Å². The molecule has 1 aliphatic heterocycles. The molecule has 3 rings (SSSR count). The Bertz CT molecular complexity index is 1260. The molecule has 1 aromatic heterocycles. The van der Waals surface area contributed by atoms with Crippen molar-refractivity contribution in [3.63, 3.8) is 0 Å². The summed E-state index contributed by atoms with van der Waals surface area (Å²) >= 11 is 6.84. The Morgan fingerprint density at radius 3 is 2.54 bits per heavy atom. The Labute approximate surface area is 218 Å². The zero-order valence-electron chi connectivity index (χ0n) is 21.0. The smallest absolute Gasteiger partial charge is 0.459 e. The van der Waals surface area contributed by atoms with Gasteiger partial charge in [0.25, 0.3) is 5.56 Å². The van der Waals surface area contributed by atoms with E-state index < -0.39 is 67.0 Å². The van der Waals surface area contributed by atoms with Gasteiger partial charge in [0.05, 0.1) is 12.7 Å². The van der Waals surface area contributed by atoms with Crippen molar-refractivity contribution >= 4 is 25.3 Å². The van der Waals surface area contributed by atoms with E-state index in [1.165, 1.54) is 39.1 Å². The molecule has 1 aromatic carbocycles. The summed E-state index contributed by atoms with van der Waals surface area (Å²) in [6.07, 6.45) is -2.84. The van der Waals surface area contributed by atoms with Gasteiger partial charge >= 0.3 is 19.4 Å². The van der Waals surface area contributed by atoms with E-state index >= 15 is 0 Å². The predicted molar refractivity (Wildman–Crippen MR) is 135 cm³/mol. The quantitative estimate of drug-likeness (QED) is 0.224. The molecule has 0 amide bonds. The van der Waals surface area contributed by atoms with Crippen molar-refractivity contribution in [3.8, 4) is 5.75 Å². The number of aryl methyl sites for hydroxylation is 1. The summed E-state index contributed by atoms with van der Waals surface area (Å²) < 4.78 is 37.7. The number of ether oxygens (including phenoxy) is 2. The van der Waals surface area contributed by atoms with Crippen LogP contribution < -0.4 is 20.9 Å². The molecule has 37 heavy (non-hydrogen) atoms. The van der Waals surface area contributed by atoms with Gasteiger partial charge in [-0.2, -0.15) is 5.09 Å². The molecule has 3 N–H and O–H groups in total. The number of nitrogens with zero attached hydrogens (tertiary/aromatic N) is 1. The van der Waals surface area contributed by atoms with E-state index in [1.54, 1.807) is 32.0 Å². The molecule has 1 unspecified atom stereocenters. The van der Waals surface area contributed by atoms with Gasteiger partial charge < -0.3 is 19.1 Å². The number of rotatable bonds is 10. The SMILES string of the molecule is Cc1cn([C@@H]2O[C@H](CO)[C@@H](OP(=O)(N[C@H](C)C(=O)OC(C)C)Oc3ccccc3)[C@@]2(C)Cl)c(=O)[nH]c1=O. The molecule has 0 spiro atoms. The fraction of sp³-hybridized carbons (Fsp3) is 0.522. The first-order chi connectivity index (χ1) is 17.3. The first kappa shape index (κ1) is 29.1. The summed E-state index contributed by atoms with van der Waals surface area (Å²) in [5.41, 5.74) is -1.15. The highest BCUT2D eigenvalue weighted by Crippen LogP contribution is 2.53. The number of halogens is 1. The van der Waals surface area contributed by atoms with Crippen LogP contribution in [0.2, 0.25) is 0 Å². The number of aliphatic hydroxyl groups is 1. The molecule has 0 aliphatic carbocycles. The lowest BCUT2D eigenvalue weighted by molar-refractivity contribution is -0.149. The molecule has 12 nitrogen and oxygen atoms in total. The van der Waals surface area contributed by atoms with Crippen LogP contribution in [0.4, 0.5) is 0 Å². The largest absolute Gasteiger partial charge is 0.462 e. The number of nitrogens with one attached hydrogen (secondary N) is 2. The minimum atomic E-state index is -4.39. The highest BCUT2D eigenvalue weighted by molar-refractivity contribution is 7.52. The Balaban J connectivity index is 1.97. The Hall–Kier alpha value is -2.47. The van der Waals surface area contributed by atoms with Crippen molar-refractivity contribution in [2.24, 2.45) is 0 Å². The zero-order valence-corrected chi connectivity index (χ0v) is 22.7. The minimum absolute atomic E-state index is 0.169. The number of H-pyrrole nitrogens is 1. The average Bonchev–Trinajstić information content (AvgIpc) is 3.05. The Kier molecular flexibility index (Phi) is 9.05. The number of hydrogen-bond acceptors (Lipinski definition) is 9. The summed E-state index contributed by atoms with van der Waals surface area (Å²) in [6.45, 7) is 7.11. The maximum absolute atomic E-state index is 14.0. The van der Waals surface area contributed by atoms with Gasteiger partial charge in [0.1, 0.15) is 28.9 Å². The summed E-state index contributed by atoms with van der Waals surface area (Å²) in [4.78, 5) is 37.4. The van der Waals surface area contributed by atoms with Crippen LogP contribution in [-0.2, 0) is 23.4 Å². The number of aliphatic hydroxyl groups excluding tert-OH is 1.